The van der Waals surface area contributed by atoms with E-state index in [1.807, 2.05) is 0 Å². The van der Waals surface area contributed by atoms with Crippen LogP contribution in [0.2, 0.25) is 10.0 Å². The van der Waals surface area contributed by atoms with Gasteiger partial charge in [0.1, 0.15) is 0 Å². The smallest absolute Gasteiger partial charge is 0.302 e. The zero-order chi connectivity index (χ0) is 13.1. The second-order valence-corrected chi connectivity index (χ2v) is 4.47. The van der Waals surface area contributed by atoms with E-state index >= 15 is 0 Å². The molecule has 0 saturated heterocycles. The highest BCUT2D eigenvalue weighted by Crippen LogP contribution is 2.28. The van der Waals surface area contributed by atoms with E-state index in [-0.39, 0.29) is 0 Å². The molecule has 0 aliphatic rings. The number of nitrogens with one attached hydrogen (secondary N) is 1. The van der Waals surface area contributed by atoms with Crippen molar-refractivity contribution in [3.63, 3.8) is 0 Å². The Kier molecular flexibility index (Phi) is 5.10. The topological polar surface area (TPSA) is 12.0 Å². The summed E-state index contributed by atoms with van der Waals surface area (Å²) in [5.74, 6) is 0. The predicted octanol–water partition coefficient (Wildman–Crippen LogP) is 4.60. The lowest BCUT2D eigenvalue weighted by atomic mass is 10.0. The molecule has 0 amide bonds. The van der Waals surface area contributed by atoms with Gasteiger partial charge in [-0.3, -0.25) is 0 Å². The molecule has 1 rings (SSSR count). The second kappa shape index (κ2) is 5.94. The Morgan fingerprint density at radius 3 is 2.41 bits per heavy atom. The third-order valence-electron chi connectivity index (χ3n) is 2.30. The van der Waals surface area contributed by atoms with Crippen molar-refractivity contribution in [2.75, 3.05) is 6.54 Å². The third-order valence-corrected chi connectivity index (χ3v) is 2.86. The van der Waals surface area contributed by atoms with Crippen LogP contribution in [0.1, 0.15) is 24.9 Å². The molecule has 0 saturated carbocycles. The van der Waals surface area contributed by atoms with Gasteiger partial charge in [-0.25, -0.2) is 0 Å². The van der Waals surface area contributed by atoms with Crippen LogP contribution in [0.3, 0.4) is 0 Å². The summed E-state index contributed by atoms with van der Waals surface area (Å²) in [6.45, 7) is 0.753. The van der Waals surface area contributed by atoms with E-state index in [2.05, 4.69) is 5.32 Å². The number of benzene rings is 1. The average molecular weight is 286 g/mol. The lowest BCUT2D eigenvalue weighted by Gasteiger charge is -2.19. The highest BCUT2D eigenvalue weighted by molar-refractivity contribution is 6.35. The van der Waals surface area contributed by atoms with Crippen molar-refractivity contribution < 1.29 is 13.2 Å². The Balaban J connectivity index is 2.79. The van der Waals surface area contributed by atoms with Crippen molar-refractivity contribution in [2.45, 2.75) is 25.6 Å². The molecule has 0 bridgehead atoms. The number of alkyl halides is 3. The van der Waals surface area contributed by atoms with Gasteiger partial charge in [0.05, 0.1) is 6.54 Å². The standard InChI is InChI=1S/C11H12Cl2F3N/c1-2-10(17-6-11(14,15)16)8-4-3-7(12)5-9(8)13/h3-5,10,17H,2,6H2,1H3. The van der Waals surface area contributed by atoms with Crippen molar-refractivity contribution >= 4 is 23.2 Å². The van der Waals surface area contributed by atoms with Crippen LogP contribution in [-0.2, 0) is 0 Å². The van der Waals surface area contributed by atoms with Crippen LogP contribution in [-0.4, -0.2) is 12.7 Å². The van der Waals surface area contributed by atoms with Crippen molar-refractivity contribution in [1.82, 2.24) is 5.32 Å². The lowest BCUT2D eigenvalue weighted by Crippen LogP contribution is -2.32. The maximum absolute atomic E-state index is 12.1. The molecule has 1 N–H and O–H groups in total. The summed E-state index contributed by atoms with van der Waals surface area (Å²) in [5, 5.41) is 3.27. The van der Waals surface area contributed by atoms with Gasteiger partial charge in [0.15, 0.2) is 0 Å². The van der Waals surface area contributed by atoms with E-state index in [9.17, 15) is 13.2 Å². The maximum Gasteiger partial charge on any atom is 0.401 e. The van der Waals surface area contributed by atoms with Crippen molar-refractivity contribution in [3.8, 4) is 0 Å². The minimum Gasteiger partial charge on any atom is -0.302 e. The van der Waals surface area contributed by atoms with Gasteiger partial charge in [0.2, 0.25) is 0 Å². The average Bonchev–Trinajstić information content (AvgIpc) is 2.19. The summed E-state index contributed by atoms with van der Waals surface area (Å²) >= 11 is 11.7. The molecule has 0 aliphatic heterocycles. The first-order valence-corrected chi connectivity index (χ1v) is 5.84. The minimum atomic E-state index is -4.23. The normalized spacial score (nSPS) is 13.8. The SMILES string of the molecule is CCC(NCC(F)(F)F)c1ccc(Cl)cc1Cl. The van der Waals surface area contributed by atoms with Gasteiger partial charge in [-0.15, -0.1) is 0 Å². The Morgan fingerprint density at radius 1 is 1.29 bits per heavy atom. The largest absolute Gasteiger partial charge is 0.401 e. The number of halogens is 5. The molecule has 1 atom stereocenters. The number of rotatable bonds is 4. The molecule has 6 heteroatoms. The molecule has 0 spiro atoms. The molecule has 1 aromatic rings. The number of hydrogen-bond donors (Lipinski definition) is 1. The van der Waals surface area contributed by atoms with Gasteiger partial charge in [-0.1, -0.05) is 36.2 Å². The summed E-state index contributed by atoms with van der Waals surface area (Å²) in [4.78, 5) is 0. The lowest BCUT2D eigenvalue weighted by molar-refractivity contribution is -0.126. The minimum absolute atomic E-state index is 0.374. The number of hydrogen-bond acceptors (Lipinski definition) is 1. The summed E-state index contributed by atoms with van der Waals surface area (Å²) in [6, 6.07) is 4.35. The molecule has 17 heavy (non-hydrogen) atoms. The second-order valence-electron chi connectivity index (χ2n) is 3.62. The first-order chi connectivity index (χ1) is 7.83. The van der Waals surface area contributed by atoms with Crippen LogP contribution in [0.5, 0.6) is 0 Å². The van der Waals surface area contributed by atoms with E-state index < -0.39 is 18.8 Å². The first-order valence-electron chi connectivity index (χ1n) is 5.08. The highest BCUT2D eigenvalue weighted by Gasteiger charge is 2.28. The van der Waals surface area contributed by atoms with Crippen LogP contribution in [0, 0.1) is 0 Å². The van der Waals surface area contributed by atoms with E-state index in [0.717, 1.165) is 0 Å². The molecule has 0 fully saturated rings. The Labute approximate surface area is 108 Å². The third kappa shape index (κ3) is 4.74. The van der Waals surface area contributed by atoms with Gasteiger partial charge in [0.25, 0.3) is 0 Å². The molecule has 1 unspecified atom stereocenters. The van der Waals surface area contributed by atoms with E-state index in [0.29, 0.717) is 22.0 Å². The van der Waals surface area contributed by atoms with Crippen LogP contribution in [0.4, 0.5) is 13.2 Å². The zero-order valence-electron chi connectivity index (χ0n) is 9.11. The van der Waals surface area contributed by atoms with E-state index in [1.165, 1.54) is 6.07 Å². The predicted molar refractivity (Wildman–Crippen MR) is 63.6 cm³/mol. The highest BCUT2D eigenvalue weighted by atomic mass is 35.5. The van der Waals surface area contributed by atoms with Crippen LogP contribution < -0.4 is 5.32 Å². The fourth-order valence-corrected chi connectivity index (χ4v) is 2.04. The van der Waals surface area contributed by atoms with Crippen LogP contribution in [0.25, 0.3) is 0 Å². The fourth-order valence-electron chi connectivity index (χ4n) is 1.50. The Morgan fingerprint density at radius 2 is 1.94 bits per heavy atom. The molecule has 0 aromatic heterocycles. The summed E-state index contributed by atoms with van der Waals surface area (Å²) < 4.78 is 36.3. The van der Waals surface area contributed by atoms with Gasteiger partial charge in [-0.2, -0.15) is 13.2 Å². The first kappa shape index (κ1) is 14.6. The maximum atomic E-state index is 12.1. The molecule has 0 heterocycles. The van der Waals surface area contributed by atoms with Gasteiger partial charge < -0.3 is 5.32 Å². The van der Waals surface area contributed by atoms with Crippen molar-refractivity contribution in [2.24, 2.45) is 0 Å². The molecular weight excluding hydrogens is 274 g/mol. The van der Waals surface area contributed by atoms with Gasteiger partial charge in [-0.05, 0) is 24.1 Å². The molecule has 0 aliphatic carbocycles. The summed E-state index contributed by atoms with van der Waals surface area (Å²) in [6.07, 6.45) is -3.72. The molecule has 1 aromatic carbocycles. The monoisotopic (exact) mass is 285 g/mol. The molecule has 1 nitrogen and oxygen atoms in total. The van der Waals surface area contributed by atoms with Crippen molar-refractivity contribution in [3.05, 3.63) is 33.8 Å². The van der Waals surface area contributed by atoms with E-state index in [1.54, 1.807) is 19.1 Å². The molecule has 0 radical (unpaired) electrons. The zero-order valence-corrected chi connectivity index (χ0v) is 10.6. The summed E-state index contributed by atoms with van der Waals surface area (Å²) in [5.41, 5.74) is 0.628. The van der Waals surface area contributed by atoms with Crippen LogP contribution in [0.15, 0.2) is 18.2 Å². The van der Waals surface area contributed by atoms with Crippen LogP contribution >= 0.6 is 23.2 Å². The van der Waals surface area contributed by atoms with Gasteiger partial charge in [0, 0.05) is 16.1 Å². The van der Waals surface area contributed by atoms with Gasteiger partial charge >= 0.3 is 6.18 Å². The molecular formula is C11H12Cl2F3N. The Hall–Kier alpha value is -0.450. The fraction of sp³-hybridized carbons (Fsp3) is 0.455. The molecule has 96 valence electrons. The Bertz CT molecular complexity index is 379. The van der Waals surface area contributed by atoms with E-state index in [4.69, 9.17) is 23.2 Å². The quantitative estimate of drug-likeness (QED) is 0.853. The van der Waals surface area contributed by atoms with Crippen molar-refractivity contribution in [1.29, 1.82) is 0 Å². The summed E-state index contributed by atoms with van der Waals surface area (Å²) in [7, 11) is 0.